The summed E-state index contributed by atoms with van der Waals surface area (Å²) < 4.78 is 0. The monoisotopic (exact) mass is 548 g/mol. The van der Waals surface area contributed by atoms with Gasteiger partial charge in [-0.15, -0.1) is 11.3 Å². The Bertz CT molecular complexity index is 1420. The second-order valence-electron chi connectivity index (χ2n) is 10.5. The summed E-state index contributed by atoms with van der Waals surface area (Å²) in [4.78, 5) is 49.1. The van der Waals surface area contributed by atoms with Crippen molar-refractivity contribution in [2.45, 2.75) is 58.5 Å². The second kappa shape index (κ2) is 10.9. The summed E-state index contributed by atoms with van der Waals surface area (Å²) in [5.41, 5.74) is 5.18. The maximum atomic E-state index is 14.2. The van der Waals surface area contributed by atoms with Crippen LogP contribution < -0.4 is 5.32 Å². The van der Waals surface area contributed by atoms with E-state index in [0.29, 0.717) is 11.1 Å². The number of rotatable bonds is 7. The molecule has 1 fully saturated rings. The first-order valence-electron chi connectivity index (χ1n) is 13.0. The number of thiazole rings is 1. The molecule has 2 aromatic carbocycles. The van der Waals surface area contributed by atoms with Gasteiger partial charge in [0, 0.05) is 24.2 Å². The van der Waals surface area contributed by atoms with Gasteiger partial charge in [0.1, 0.15) is 11.8 Å². The number of amides is 3. The van der Waals surface area contributed by atoms with E-state index in [1.54, 1.807) is 29.8 Å². The summed E-state index contributed by atoms with van der Waals surface area (Å²) in [6.45, 7) is 5.95. The van der Waals surface area contributed by atoms with Gasteiger partial charge >= 0.3 is 0 Å². The SMILES string of the molecule is Cc1ncsc1-c1ccc(CN(C(=O)[C@@H]2C[C@@H](O)CN2)C(=O)[C@H](C(C)C)N2Cc3ccccc3C2=O)c(O)c1. The Labute approximate surface area is 231 Å². The van der Waals surface area contributed by atoms with Gasteiger partial charge in [-0.05, 0) is 42.5 Å². The number of hydrogen-bond donors (Lipinski definition) is 3. The van der Waals surface area contributed by atoms with Crippen LogP contribution in [0.5, 0.6) is 5.75 Å². The zero-order valence-corrected chi connectivity index (χ0v) is 22.9. The highest BCUT2D eigenvalue weighted by molar-refractivity contribution is 7.13. The van der Waals surface area contributed by atoms with E-state index in [1.165, 1.54) is 16.2 Å². The van der Waals surface area contributed by atoms with Crippen molar-refractivity contribution in [3.63, 3.8) is 0 Å². The highest BCUT2D eigenvalue weighted by Crippen LogP contribution is 2.33. The lowest BCUT2D eigenvalue weighted by Crippen LogP contribution is -2.55. The molecular weight excluding hydrogens is 516 g/mol. The van der Waals surface area contributed by atoms with Gasteiger partial charge in [0.2, 0.25) is 5.91 Å². The van der Waals surface area contributed by atoms with Crippen molar-refractivity contribution in [2.75, 3.05) is 6.54 Å². The van der Waals surface area contributed by atoms with Crippen molar-refractivity contribution in [3.05, 3.63) is 70.4 Å². The Balaban J connectivity index is 1.47. The summed E-state index contributed by atoms with van der Waals surface area (Å²) in [5.74, 6) is -1.57. The molecule has 3 atom stereocenters. The topological polar surface area (TPSA) is 123 Å². The van der Waals surface area contributed by atoms with Crippen LogP contribution in [0.1, 0.15) is 47.4 Å². The molecule has 5 rings (SSSR count). The van der Waals surface area contributed by atoms with Crippen LogP contribution in [0.3, 0.4) is 0 Å². The van der Waals surface area contributed by atoms with E-state index in [1.807, 2.05) is 39.0 Å². The number of aromatic nitrogens is 1. The Hall–Kier alpha value is -3.60. The third kappa shape index (κ3) is 5.19. The van der Waals surface area contributed by atoms with E-state index in [2.05, 4.69) is 10.3 Å². The number of benzene rings is 2. The van der Waals surface area contributed by atoms with Crippen molar-refractivity contribution in [1.82, 2.24) is 20.1 Å². The second-order valence-corrected chi connectivity index (χ2v) is 11.4. The molecule has 3 N–H and O–H groups in total. The smallest absolute Gasteiger partial charge is 0.255 e. The quantitative estimate of drug-likeness (QED) is 0.415. The molecule has 39 heavy (non-hydrogen) atoms. The van der Waals surface area contributed by atoms with E-state index in [4.69, 9.17) is 0 Å². The summed E-state index contributed by atoms with van der Waals surface area (Å²) in [6, 6.07) is 10.8. The Kier molecular flexibility index (Phi) is 7.53. The number of nitrogens with one attached hydrogen (secondary N) is 1. The first-order chi connectivity index (χ1) is 18.7. The normalized spacial score (nSPS) is 19.4. The van der Waals surface area contributed by atoms with E-state index in [0.717, 1.165) is 26.6 Å². The van der Waals surface area contributed by atoms with Gasteiger partial charge in [-0.1, -0.05) is 44.2 Å². The van der Waals surface area contributed by atoms with Crippen molar-refractivity contribution in [2.24, 2.45) is 5.92 Å². The van der Waals surface area contributed by atoms with Crippen LogP contribution >= 0.6 is 11.3 Å². The molecule has 0 unspecified atom stereocenters. The van der Waals surface area contributed by atoms with Crippen molar-refractivity contribution in [1.29, 1.82) is 0 Å². The predicted molar refractivity (Wildman–Crippen MR) is 147 cm³/mol. The number of aliphatic hydroxyl groups is 1. The number of carbonyl (C=O) groups is 3. The zero-order valence-electron chi connectivity index (χ0n) is 22.1. The van der Waals surface area contributed by atoms with Crippen LogP contribution in [-0.4, -0.2) is 67.5 Å². The number of aryl methyl sites for hydroxylation is 1. The molecule has 0 radical (unpaired) electrons. The van der Waals surface area contributed by atoms with Gasteiger partial charge in [0.15, 0.2) is 0 Å². The number of fused-ring (bicyclic) bond motifs is 1. The molecular formula is C29H32N4O5S. The highest BCUT2D eigenvalue weighted by atomic mass is 32.1. The fourth-order valence-corrected chi connectivity index (χ4v) is 6.19. The molecule has 3 heterocycles. The minimum absolute atomic E-state index is 0.0453. The van der Waals surface area contributed by atoms with Crippen LogP contribution in [0.2, 0.25) is 0 Å². The molecule has 1 saturated heterocycles. The number of aromatic hydroxyl groups is 1. The highest BCUT2D eigenvalue weighted by Gasteiger charge is 2.43. The molecule has 2 aliphatic heterocycles. The maximum absolute atomic E-state index is 14.2. The minimum Gasteiger partial charge on any atom is -0.508 e. The Morgan fingerprint density at radius 1 is 1.23 bits per heavy atom. The molecule has 3 amide bonds. The zero-order chi connectivity index (χ0) is 27.8. The van der Waals surface area contributed by atoms with Crippen LogP contribution in [0.15, 0.2) is 48.0 Å². The molecule has 9 nitrogen and oxygen atoms in total. The number of β-amino-alcohol motifs (C(OH)–C–C–N with tert-alkyl or cyclic N) is 1. The van der Waals surface area contributed by atoms with Crippen molar-refractivity contribution in [3.8, 4) is 16.2 Å². The fraction of sp³-hybridized carbons (Fsp3) is 0.379. The molecule has 0 saturated carbocycles. The molecule has 0 aliphatic carbocycles. The summed E-state index contributed by atoms with van der Waals surface area (Å²) in [7, 11) is 0. The van der Waals surface area contributed by atoms with Crippen LogP contribution in [0.25, 0.3) is 10.4 Å². The minimum atomic E-state index is -0.888. The predicted octanol–water partition coefficient (Wildman–Crippen LogP) is 3.08. The molecule has 1 aromatic heterocycles. The number of carbonyl (C=O) groups excluding carboxylic acids is 3. The van der Waals surface area contributed by atoms with Crippen LogP contribution in [-0.2, 0) is 22.7 Å². The van der Waals surface area contributed by atoms with E-state index >= 15 is 0 Å². The van der Waals surface area contributed by atoms with Gasteiger partial charge in [-0.2, -0.15) is 0 Å². The largest absolute Gasteiger partial charge is 0.508 e. The summed E-state index contributed by atoms with van der Waals surface area (Å²) >= 11 is 1.46. The molecule has 0 bridgehead atoms. The van der Waals surface area contributed by atoms with Gasteiger partial charge in [-0.25, -0.2) is 4.98 Å². The number of phenols is 1. The van der Waals surface area contributed by atoms with E-state index < -0.39 is 30.0 Å². The lowest BCUT2D eigenvalue weighted by atomic mass is 9.99. The number of nitrogens with zero attached hydrogens (tertiary/aromatic N) is 3. The third-order valence-corrected chi connectivity index (χ3v) is 8.41. The van der Waals surface area contributed by atoms with Crippen LogP contribution in [0.4, 0.5) is 0 Å². The molecule has 3 aromatic rings. The average Bonchev–Trinajstić information content (AvgIpc) is 3.62. The number of phenolic OH excluding ortho intramolecular Hbond substituents is 1. The lowest BCUT2D eigenvalue weighted by molar-refractivity contribution is -0.151. The lowest BCUT2D eigenvalue weighted by Gasteiger charge is -2.35. The van der Waals surface area contributed by atoms with Crippen molar-refractivity contribution >= 4 is 29.1 Å². The molecule has 10 heteroatoms. The fourth-order valence-electron chi connectivity index (χ4n) is 5.39. The van der Waals surface area contributed by atoms with E-state index in [9.17, 15) is 24.6 Å². The Morgan fingerprint density at radius 2 is 2.00 bits per heavy atom. The summed E-state index contributed by atoms with van der Waals surface area (Å²) in [5, 5.41) is 24.0. The maximum Gasteiger partial charge on any atom is 0.255 e. The summed E-state index contributed by atoms with van der Waals surface area (Å²) in [6.07, 6.45) is -0.514. The van der Waals surface area contributed by atoms with Gasteiger partial charge in [0.05, 0.1) is 34.8 Å². The van der Waals surface area contributed by atoms with Crippen molar-refractivity contribution < 1.29 is 24.6 Å². The molecule has 0 spiro atoms. The third-order valence-electron chi connectivity index (χ3n) is 7.43. The van der Waals surface area contributed by atoms with Crippen LogP contribution in [0, 0.1) is 12.8 Å². The Morgan fingerprint density at radius 3 is 2.62 bits per heavy atom. The van der Waals surface area contributed by atoms with E-state index in [-0.39, 0.29) is 43.6 Å². The van der Waals surface area contributed by atoms with Gasteiger partial charge in [0.25, 0.3) is 11.8 Å². The molecule has 2 aliphatic rings. The van der Waals surface area contributed by atoms with Gasteiger partial charge < -0.3 is 20.4 Å². The number of hydrogen-bond acceptors (Lipinski definition) is 8. The number of imide groups is 1. The average molecular weight is 549 g/mol. The first-order valence-corrected chi connectivity index (χ1v) is 13.9. The number of aliphatic hydroxyl groups excluding tert-OH is 1. The first kappa shape index (κ1) is 27.0. The molecule has 204 valence electrons. The standard InChI is InChI=1S/C29H32N4O5S/c1-16(2)25(32-13-19-6-4-5-7-22(19)27(32)36)29(38)33(28(37)23-11-21(34)12-30-23)14-20-9-8-18(10-24(20)35)26-17(3)31-15-39-26/h4-10,15-16,21,23,25,30,34-35H,11-14H2,1-3H3/t21-,23+,25+/m1/s1. The van der Waals surface area contributed by atoms with Gasteiger partial charge in [-0.3, -0.25) is 19.3 Å².